The second-order valence-corrected chi connectivity index (χ2v) is 8.79. The molecule has 0 radical (unpaired) electrons. The zero-order chi connectivity index (χ0) is 23.4. The number of likely N-dealkylation sites (N-methyl/N-ethyl adjacent to an activating group) is 3. The fraction of sp³-hybridized carbons (Fsp3) is 0.500. The molecule has 1 unspecified atom stereocenters. The van der Waals surface area contributed by atoms with E-state index in [4.69, 9.17) is 4.98 Å². The van der Waals surface area contributed by atoms with Crippen molar-refractivity contribution >= 4 is 23.3 Å². The standard InChI is InChI=1S/C24H34N6O2/c1-7-30(19-10-8-9-17(2)11-19)24(32)16-28(5)15-21-25-20(13-22(26-21)27(3)4)18-12-23(31)29(6)14-18/h8-11,13,18H,7,12,14-16H2,1-6H3. The summed E-state index contributed by atoms with van der Waals surface area (Å²) in [5.74, 6) is 1.70. The van der Waals surface area contributed by atoms with Crippen LogP contribution in [0.4, 0.5) is 11.5 Å². The van der Waals surface area contributed by atoms with E-state index in [0.29, 0.717) is 31.9 Å². The highest BCUT2D eigenvalue weighted by molar-refractivity contribution is 5.94. The van der Waals surface area contributed by atoms with E-state index in [2.05, 4.69) is 4.98 Å². The van der Waals surface area contributed by atoms with Gasteiger partial charge in [0.05, 0.1) is 18.8 Å². The van der Waals surface area contributed by atoms with Gasteiger partial charge in [0.1, 0.15) is 11.6 Å². The summed E-state index contributed by atoms with van der Waals surface area (Å²) in [6.07, 6.45) is 0.468. The predicted molar refractivity (Wildman–Crippen MR) is 127 cm³/mol. The van der Waals surface area contributed by atoms with Gasteiger partial charge in [-0.15, -0.1) is 0 Å². The number of carbonyl (C=O) groups excluding carboxylic acids is 2. The van der Waals surface area contributed by atoms with Crippen LogP contribution in [0.25, 0.3) is 0 Å². The maximum atomic E-state index is 13.0. The lowest BCUT2D eigenvalue weighted by molar-refractivity contribution is -0.126. The van der Waals surface area contributed by atoms with Gasteiger partial charge in [0, 0.05) is 58.3 Å². The van der Waals surface area contributed by atoms with Crippen molar-refractivity contribution in [2.45, 2.75) is 32.7 Å². The van der Waals surface area contributed by atoms with Crippen molar-refractivity contribution in [3.05, 3.63) is 47.4 Å². The molecule has 172 valence electrons. The molecule has 3 rings (SSSR count). The lowest BCUT2D eigenvalue weighted by Gasteiger charge is -2.25. The SMILES string of the molecule is CCN(C(=O)CN(C)Cc1nc(C2CC(=O)N(C)C2)cc(N(C)C)n1)c1cccc(C)c1. The molecular weight excluding hydrogens is 404 g/mol. The third-order valence-electron chi connectivity index (χ3n) is 5.74. The largest absolute Gasteiger partial charge is 0.363 e. The first-order valence-corrected chi connectivity index (χ1v) is 11.0. The van der Waals surface area contributed by atoms with Gasteiger partial charge >= 0.3 is 0 Å². The Kier molecular flexibility index (Phi) is 7.45. The first-order valence-electron chi connectivity index (χ1n) is 11.0. The van der Waals surface area contributed by atoms with Gasteiger partial charge in [0.15, 0.2) is 0 Å². The number of likely N-dealkylation sites (tertiary alicyclic amines) is 1. The zero-order valence-electron chi connectivity index (χ0n) is 20.0. The Labute approximate surface area is 190 Å². The van der Waals surface area contributed by atoms with Crippen LogP contribution in [0.15, 0.2) is 30.3 Å². The maximum Gasteiger partial charge on any atom is 0.241 e. The summed E-state index contributed by atoms with van der Waals surface area (Å²) in [6, 6.07) is 9.94. The van der Waals surface area contributed by atoms with E-state index in [1.807, 2.05) is 82.2 Å². The molecule has 0 spiro atoms. The molecule has 2 heterocycles. The summed E-state index contributed by atoms with van der Waals surface area (Å²) < 4.78 is 0. The average Bonchev–Trinajstić information content (AvgIpc) is 3.06. The second-order valence-electron chi connectivity index (χ2n) is 8.79. The van der Waals surface area contributed by atoms with Crippen molar-refractivity contribution in [3.8, 4) is 0 Å². The zero-order valence-corrected chi connectivity index (χ0v) is 20.0. The first-order chi connectivity index (χ1) is 15.2. The summed E-state index contributed by atoms with van der Waals surface area (Å²) in [6.45, 7) is 5.99. The van der Waals surface area contributed by atoms with Gasteiger partial charge in [0.2, 0.25) is 11.8 Å². The lowest BCUT2D eigenvalue weighted by Crippen LogP contribution is -2.39. The Hall–Kier alpha value is -3.00. The number of hydrogen-bond acceptors (Lipinski definition) is 6. The Morgan fingerprint density at radius 1 is 1.19 bits per heavy atom. The van der Waals surface area contributed by atoms with Crippen LogP contribution < -0.4 is 9.80 Å². The smallest absolute Gasteiger partial charge is 0.241 e. The number of anilines is 2. The topological polar surface area (TPSA) is 72.9 Å². The van der Waals surface area contributed by atoms with E-state index >= 15 is 0 Å². The molecule has 0 saturated carbocycles. The second kappa shape index (κ2) is 10.1. The van der Waals surface area contributed by atoms with Crippen LogP contribution in [0.5, 0.6) is 0 Å². The summed E-state index contributed by atoms with van der Waals surface area (Å²) in [5, 5.41) is 0. The normalized spacial score (nSPS) is 16.0. The van der Waals surface area contributed by atoms with Gasteiger partial charge in [0.25, 0.3) is 0 Å². The highest BCUT2D eigenvalue weighted by Crippen LogP contribution is 2.28. The molecule has 2 aromatic rings. The molecule has 8 nitrogen and oxygen atoms in total. The van der Waals surface area contributed by atoms with E-state index < -0.39 is 0 Å². The highest BCUT2D eigenvalue weighted by atomic mass is 16.2. The maximum absolute atomic E-state index is 13.0. The number of benzene rings is 1. The Morgan fingerprint density at radius 2 is 1.94 bits per heavy atom. The molecule has 1 aromatic carbocycles. The van der Waals surface area contributed by atoms with Gasteiger partial charge in [-0.3, -0.25) is 14.5 Å². The molecule has 2 amide bonds. The fourth-order valence-corrected chi connectivity index (χ4v) is 3.99. The molecule has 1 fully saturated rings. The summed E-state index contributed by atoms with van der Waals surface area (Å²) in [5.41, 5.74) is 2.92. The number of aryl methyl sites for hydroxylation is 1. The number of carbonyl (C=O) groups is 2. The van der Waals surface area contributed by atoms with Crippen molar-refractivity contribution in [1.29, 1.82) is 0 Å². The van der Waals surface area contributed by atoms with Crippen molar-refractivity contribution in [1.82, 2.24) is 19.8 Å². The molecule has 1 aliphatic heterocycles. The van der Waals surface area contributed by atoms with Crippen LogP contribution in [0.3, 0.4) is 0 Å². The van der Waals surface area contributed by atoms with Crippen molar-refractivity contribution < 1.29 is 9.59 Å². The minimum atomic E-state index is 0.0348. The first kappa shape index (κ1) is 23.7. The molecule has 1 aliphatic rings. The third-order valence-corrected chi connectivity index (χ3v) is 5.74. The molecule has 0 aliphatic carbocycles. The molecule has 0 N–H and O–H groups in total. The predicted octanol–water partition coefficient (Wildman–Crippen LogP) is 2.28. The number of aromatic nitrogens is 2. The molecular formula is C24H34N6O2. The Balaban J connectivity index is 1.74. The van der Waals surface area contributed by atoms with E-state index in [9.17, 15) is 9.59 Å². The van der Waals surface area contributed by atoms with Crippen molar-refractivity contribution in [2.75, 3.05) is 57.6 Å². The minimum Gasteiger partial charge on any atom is -0.363 e. The molecule has 0 bridgehead atoms. The minimum absolute atomic E-state index is 0.0348. The monoisotopic (exact) mass is 438 g/mol. The van der Waals surface area contributed by atoms with Crippen LogP contribution >= 0.6 is 0 Å². The van der Waals surface area contributed by atoms with Crippen LogP contribution in [-0.2, 0) is 16.1 Å². The van der Waals surface area contributed by atoms with E-state index in [1.54, 1.807) is 9.80 Å². The summed E-state index contributed by atoms with van der Waals surface area (Å²) >= 11 is 0. The van der Waals surface area contributed by atoms with Gasteiger partial charge in [-0.05, 0) is 38.6 Å². The average molecular weight is 439 g/mol. The number of nitrogens with zero attached hydrogens (tertiary/aromatic N) is 6. The van der Waals surface area contributed by atoms with Crippen LogP contribution in [0.1, 0.15) is 36.3 Å². The third kappa shape index (κ3) is 5.62. The number of rotatable bonds is 8. The number of amides is 2. The summed E-state index contributed by atoms with van der Waals surface area (Å²) in [7, 11) is 7.61. The van der Waals surface area contributed by atoms with Gasteiger partial charge in [-0.2, -0.15) is 0 Å². The Morgan fingerprint density at radius 3 is 2.53 bits per heavy atom. The van der Waals surface area contributed by atoms with Crippen molar-refractivity contribution in [2.24, 2.45) is 0 Å². The molecule has 1 atom stereocenters. The molecule has 8 heteroatoms. The van der Waals surface area contributed by atoms with Crippen LogP contribution in [0.2, 0.25) is 0 Å². The summed E-state index contributed by atoms with van der Waals surface area (Å²) in [4.78, 5) is 41.9. The van der Waals surface area contributed by atoms with Gasteiger partial charge in [-0.1, -0.05) is 12.1 Å². The Bertz CT molecular complexity index is 977. The lowest BCUT2D eigenvalue weighted by atomic mass is 10.0. The molecule has 1 aromatic heterocycles. The van der Waals surface area contributed by atoms with Crippen LogP contribution in [-0.4, -0.2) is 79.4 Å². The van der Waals surface area contributed by atoms with Crippen molar-refractivity contribution in [3.63, 3.8) is 0 Å². The van der Waals surface area contributed by atoms with Gasteiger partial charge < -0.3 is 14.7 Å². The van der Waals surface area contributed by atoms with Gasteiger partial charge in [-0.25, -0.2) is 9.97 Å². The van der Waals surface area contributed by atoms with E-state index in [0.717, 1.165) is 22.8 Å². The molecule has 1 saturated heterocycles. The van der Waals surface area contributed by atoms with E-state index in [1.165, 1.54) is 0 Å². The molecule has 32 heavy (non-hydrogen) atoms. The number of hydrogen-bond donors (Lipinski definition) is 0. The fourth-order valence-electron chi connectivity index (χ4n) is 3.99. The highest BCUT2D eigenvalue weighted by Gasteiger charge is 2.30. The van der Waals surface area contributed by atoms with E-state index in [-0.39, 0.29) is 24.3 Å². The quantitative estimate of drug-likeness (QED) is 0.630. The van der Waals surface area contributed by atoms with Crippen LogP contribution in [0, 0.1) is 6.92 Å².